The van der Waals surface area contributed by atoms with Crippen molar-refractivity contribution in [3.63, 3.8) is 0 Å². The van der Waals surface area contributed by atoms with Crippen molar-refractivity contribution in [3.8, 4) is 0 Å². The summed E-state index contributed by atoms with van der Waals surface area (Å²) in [6.45, 7) is 2.86. The van der Waals surface area contributed by atoms with Crippen LogP contribution in [0.2, 0.25) is 0 Å². The van der Waals surface area contributed by atoms with Crippen molar-refractivity contribution in [2.45, 2.75) is 50.9 Å². The number of alkyl halides is 1. The Morgan fingerprint density at radius 1 is 1.29 bits per heavy atom. The van der Waals surface area contributed by atoms with E-state index in [2.05, 4.69) is 20.9 Å². The highest BCUT2D eigenvalue weighted by molar-refractivity contribution is 5.74. The van der Waals surface area contributed by atoms with Crippen molar-refractivity contribution in [2.24, 2.45) is 5.73 Å². The van der Waals surface area contributed by atoms with Crippen molar-refractivity contribution in [3.05, 3.63) is 59.7 Å². The number of fused-ring (bicyclic) bond motifs is 2. The summed E-state index contributed by atoms with van der Waals surface area (Å²) >= 11 is 0. The number of hydrogen-bond acceptors (Lipinski definition) is 4. The zero-order chi connectivity index (χ0) is 19.6. The zero-order valence-corrected chi connectivity index (χ0v) is 16.4. The summed E-state index contributed by atoms with van der Waals surface area (Å²) in [4.78, 5) is 15.1. The molecule has 2 unspecified atom stereocenters. The second-order valence-electron chi connectivity index (χ2n) is 7.99. The van der Waals surface area contributed by atoms with Crippen LogP contribution in [0.25, 0.3) is 11.0 Å². The lowest BCUT2D eigenvalue weighted by molar-refractivity contribution is 0.110. The van der Waals surface area contributed by atoms with Gasteiger partial charge in [-0.1, -0.05) is 18.2 Å². The number of benzene rings is 1. The molecule has 28 heavy (non-hydrogen) atoms. The molecule has 0 saturated heterocycles. The number of aromatic nitrogens is 3. The highest BCUT2D eigenvalue weighted by atomic mass is 19.1. The van der Waals surface area contributed by atoms with E-state index < -0.39 is 5.67 Å². The molecule has 5 nitrogen and oxygen atoms in total. The molecule has 2 aromatic heterocycles. The van der Waals surface area contributed by atoms with Crippen LogP contribution >= 0.6 is 0 Å². The van der Waals surface area contributed by atoms with Gasteiger partial charge < -0.3 is 10.7 Å². The van der Waals surface area contributed by atoms with Gasteiger partial charge in [0.2, 0.25) is 0 Å². The molecular weight excluding hydrogens is 353 g/mol. The van der Waals surface area contributed by atoms with Gasteiger partial charge in [-0.2, -0.15) is 0 Å². The first-order valence-electron chi connectivity index (χ1n) is 10.1. The van der Waals surface area contributed by atoms with Gasteiger partial charge in [0, 0.05) is 19.3 Å². The Morgan fingerprint density at radius 3 is 2.96 bits per heavy atom. The van der Waals surface area contributed by atoms with E-state index in [-0.39, 0.29) is 12.6 Å². The van der Waals surface area contributed by atoms with E-state index >= 15 is 0 Å². The number of pyridine rings is 1. The van der Waals surface area contributed by atoms with E-state index in [9.17, 15) is 4.39 Å². The van der Waals surface area contributed by atoms with Crippen LogP contribution in [0.1, 0.15) is 49.3 Å². The third kappa shape index (κ3) is 4.08. The lowest BCUT2D eigenvalue weighted by Crippen LogP contribution is -2.38. The van der Waals surface area contributed by atoms with E-state index in [0.29, 0.717) is 19.5 Å². The van der Waals surface area contributed by atoms with E-state index in [0.717, 1.165) is 41.8 Å². The molecule has 4 rings (SSSR count). The summed E-state index contributed by atoms with van der Waals surface area (Å²) in [6.07, 6.45) is 5.44. The Labute approximate surface area is 165 Å². The van der Waals surface area contributed by atoms with Crippen LogP contribution in [0.3, 0.4) is 0 Å². The maximum atomic E-state index is 14.6. The number of imidazole rings is 1. The Kier molecular flexibility index (Phi) is 5.42. The quantitative estimate of drug-likeness (QED) is 0.651. The van der Waals surface area contributed by atoms with Gasteiger partial charge in [-0.05, 0) is 56.4 Å². The van der Waals surface area contributed by atoms with Crippen LogP contribution < -0.4 is 5.73 Å². The normalized spacial score (nSPS) is 18.9. The first-order valence-corrected chi connectivity index (χ1v) is 10.1. The molecule has 0 spiro atoms. The van der Waals surface area contributed by atoms with Crippen LogP contribution in [0.15, 0.2) is 42.6 Å². The number of rotatable bonds is 7. The minimum atomic E-state index is -1.37. The molecule has 0 aliphatic heterocycles. The standard InChI is InChI=1S/C22H28FN5/c1-22(23,15-24)11-13-28(14-20-26-17-8-2-3-9-18(17)27-20)19-10-4-6-16-7-5-12-25-21(16)19/h2-3,5,7-9,12,19H,4,6,10-11,13-15,24H2,1H3,(H,26,27). The van der Waals surface area contributed by atoms with Gasteiger partial charge >= 0.3 is 0 Å². The van der Waals surface area contributed by atoms with Gasteiger partial charge in [0.15, 0.2) is 0 Å². The van der Waals surface area contributed by atoms with Gasteiger partial charge in [-0.15, -0.1) is 0 Å². The number of hydrogen-bond donors (Lipinski definition) is 2. The number of H-pyrrole nitrogens is 1. The molecule has 0 fully saturated rings. The fourth-order valence-corrected chi connectivity index (χ4v) is 4.04. The highest BCUT2D eigenvalue weighted by Gasteiger charge is 2.30. The van der Waals surface area contributed by atoms with Gasteiger partial charge in [0.1, 0.15) is 11.5 Å². The number of para-hydroxylation sites is 2. The van der Waals surface area contributed by atoms with Crippen molar-refractivity contribution < 1.29 is 4.39 Å². The molecule has 0 saturated carbocycles. The molecule has 1 aliphatic rings. The summed E-state index contributed by atoms with van der Waals surface area (Å²) in [5.41, 5.74) is 8.66. The lowest BCUT2D eigenvalue weighted by Gasteiger charge is -2.35. The Bertz CT molecular complexity index is 902. The predicted molar refractivity (Wildman–Crippen MR) is 110 cm³/mol. The van der Waals surface area contributed by atoms with Crippen LogP contribution in [-0.2, 0) is 13.0 Å². The van der Waals surface area contributed by atoms with Crippen LogP contribution in [0.5, 0.6) is 0 Å². The number of nitrogens with two attached hydrogens (primary N) is 1. The summed E-state index contributed by atoms with van der Waals surface area (Å²) in [7, 11) is 0. The largest absolute Gasteiger partial charge is 0.341 e. The maximum absolute atomic E-state index is 14.6. The van der Waals surface area contributed by atoms with Gasteiger partial charge in [-0.25, -0.2) is 9.37 Å². The van der Waals surface area contributed by atoms with Gasteiger partial charge in [0.05, 0.1) is 29.3 Å². The van der Waals surface area contributed by atoms with E-state index in [4.69, 9.17) is 10.7 Å². The SMILES string of the molecule is CC(F)(CN)CCN(Cc1nc2ccccc2[nH]1)C1CCCc2cccnc21. The van der Waals surface area contributed by atoms with Crippen LogP contribution in [0, 0.1) is 0 Å². The van der Waals surface area contributed by atoms with Crippen LogP contribution in [-0.4, -0.2) is 38.6 Å². The second kappa shape index (κ2) is 7.97. The molecule has 2 atom stereocenters. The monoisotopic (exact) mass is 381 g/mol. The van der Waals surface area contributed by atoms with E-state index in [1.807, 2.05) is 36.5 Å². The summed E-state index contributed by atoms with van der Waals surface area (Å²) in [5, 5.41) is 0. The first-order chi connectivity index (χ1) is 13.6. The molecule has 6 heteroatoms. The van der Waals surface area contributed by atoms with Crippen molar-refractivity contribution in [1.29, 1.82) is 0 Å². The molecule has 2 heterocycles. The molecule has 1 aliphatic carbocycles. The third-order valence-corrected chi connectivity index (χ3v) is 5.74. The van der Waals surface area contributed by atoms with Gasteiger partial charge in [0.25, 0.3) is 0 Å². The topological polar surface area (TPSA) is 70.8 Å². The molecule has 0 amide bonds. The van der Waals surface area contributed by atoms with Crippen molar-refractivity contribution in [1.82, 2.24) is 19.9 Å². The average molecular weight is 381 g/mol. The van der Waals surface area contributed by atoms with Crippen molar-refractivity contribution >= 4 is 11.0 Å². The minimum Gasteiger partial charge on any atom is -0.341 e. The molecule has 1 aromatic carbocycles. The fourth-order valence-electron chi connectivity index (χ4n) is 4.04. The second-order valence-corrected chi connectivity index (χ2v) is 7.99. The molecular formula is C22H28FN5. The average Bonchev–Trinajstić information content (AvgIpc) is 3.13. The van der Waals surface area contributed by atoms with Crippen molar-refractivity contribution in [2.75, 3.05) is 13.1 Å². The molecule has 148 valence electrons. The number of halogens is 1. The smallest absolute Gasteiger partial charge is 0.121 e. The Hall–Kier alpha value is -2.31. The zero-order valence-electron chi connectivity index (χ0n) is 16.4. The summed E-state index contributed by atoms with van der Waals surface area (Å²) in [5.74, 6) is 0.901. The summed E-state index contributed by atoms with van der Waals surface area (Å²) < 4.78 is 14.6. The van der Waals surface area contributed by atoms with E-state index in [1.165, 1.54) is 5.56 Å². The molecule has 0 radical (unpaired) electrons. The Morgan fingerprint density at radius 2 is 2.14 bits per heavy atom. The van der Waals surface area contributed by atoms with Gasteiger partial charge in [-0.3, -0.25) is 9.88 Å². The predicted octanol–water partition coefficient (Wildman–Crippen LogP) is 3.91. The van der Waals surface area contributed by atoms with Crippen LogP contribution in [0.4, 0.5) is 4.39 Å². The third-order valence-electron chi connectivity index (χ3n) is 5.74. The fraction of sp³-hybridized carbons (Fsp3) is 0.455. The molecule has 3 aromatic rings. The Balaban J connectivity index is 1.62. The summed E-state index contributed by atoms with van der Waals surface area (Å²) in [6, 6.07) is 12.4. The lowest BCUT2D eigenvalue weighted by atomic mass is 9.90. The maximum Gasteiger partial charge on any atom is 0.121 e. The number of nitrogens with one attached hydrogen (secondary N) is 1. The first kappa shape index (κ1) is 19.0. The molecule has 0 bridgehead atoms. The number of aryl methyl sites for hydroxylation is 1. The molecule has 3 N–H and O–H groups in total. The minimum absolute atomic E-state index is 0.0327. The number of nitrogens with zero attached hydrogens (tertiary/aromatic N) is 3. The van der Waals surface area contributed by atoms with E-state index in [1.54, 1.807) is 6.92 Å². The highest BCUT2D eigenvalue weighted by Crippen LogP contribution is 2.34. The number of aromatic amines is 1.